The molecule has 5 heteroatoms. The van der Waals surface area contributed by atoms with E-state index in [-0.39, 0.29) is 6.04 Å². The van der Waals surface area contributed by atoms with Gasteiger partial charge >= 0.3 is 0 Å². The van der Waals surface area contributed by atoms with Gasteiger partial charge in [-0.05, 0) is 60.2 Å². The van der Waals surface area contributed by atoms with Gasteiger partial charge in [-0.25, -0.2) is 0 Å². The molecular formula is C12H18ClIN2O. The van der Waals surface area contributed by atoms with Crippen LogP contribution in [-0.2, 0) is 4.74 Å². The largest absolute Gasteiger partial charge is 0.383 e. The fourth-order valence-electron chi connectivity index (χ4n) is 1.59. The quantitative estimate of drug-likeness (QED) is 0.727. The van der Waals surface area contributed by atoms with E-state index in [1.165, 1.54) is 0 Å². The van der Waals surface area contributed by atoms with Gasteiger partial charge in [0.25, 0.3) is 0 Å². The summed E-state index contributed by atoms with van der Waals surface area (Å²) in [5.41, 5.74) is 6.47. The van der Waals surface area contributed by atoms with E-state index in [0.717, 1.165) is 27.1 Å². The molecule has 0 aliphatic carbocycles. The molecule has 0 saturated heterocycles. The third-order valence-electron chi connectivity index (χ3n) is 2.42. The van der Waals surface area contributed by atoms with Crippen LogP contribution in [0.5, 0.6) is 0 Å². The summed E-state index contributed by atoms with van der Waals surface area (Å²) in [7, 11) is 1.70. The number of rotatable bonds is 7. The van der Waals surface area contributed by atoms with Gasteiger partial charge in [0.1, 0.15) is 0 Å². The number of methoxy groups -OCH3 is 1. The van der Waals surface area contributed by atoms with Crippen LogP contribution in [-0.4, -0.2) is 26.3 Å². The third-order valence-corrected chi connectivity index (χ3v) is 3.40. The number of anilines is 1. The van der Waals surface area contributed by atoms with Crippen molar-refractivity contribution in [1.82, 2.24) is 0 Å². The van der Waals surface area contributed by atoms with Crippen molar-refractivity contribution < 1.29 is 4.74 Å². The standard InChI is InChI=1S/C12H18ClIN2O/c1-17-8-10(3-2-6-15)16-12-5-4-9(14)7-11(12)13/h4-5,7,10,16H,2-3,6,8,15H2,1H3. The topological polar surface area (TPSA) is 47.3 Å². The van der Waals surface area contributed by atoms with Crippen molar-refractivity contribution in [2.75, 3.05) is 25.6 Å². The second kappa shape index (κ2) is 8.13. The van der Waals surface area contributed by atoms with Gasteiger partial charge in [0.05, 0.1) is 17.3 Å². The third kappa shape index (κ3) is 5.42. The Labute approximate surface area is 121 Å². The summed E-state index contributed by atoms with van der Waals surface area (Å²) < 4.78 is 6.32. The van der Waals surface area contributed by atoms with E-state index in [4.69, 9.17) is 22.1 Å². The van der Waals surface area contributed by atoms with Crippen LogP contribution in [0.15, 0.2) is 18.2 Å². The Morgan fingerprint density at radius 3 is 2.88 bits per heavy atom. The second-order valence-electron chi connectivity index (χ2n) is 3.85. The number of ether oxygens (including phenoxy) is 1. The summed E-state index contributed by atoms with van der Waals surface area (Å²) >= 11 is 8.42. The molecule has 96 valence electrons. The van der Waals surface area contributed by atoms with Gasteiger partial charge in [-0.2, -0.15) is 0 Å². The molecule has 0 aliphatic rings. The molecule has 3 N–H and O–H groups in total. The van der Waals surface area contributed by atoms with Crippen LogP contribution in [0.4, 0.5) is 5.69 Å². The lowest BCUT2D eigenvalue weighted by Gasteiger charge is -2.19. The van der Waals surface area contributed by atoms with Crippen LogP contribution >= 0.6 is 34.2 Å². The van der Waals surface area contributed by atoms with Crippen molar-refractivity contribution in [2.45, 2.75) is 18.9 Å². The highest BCUT2D eigenvalue weighted by Gasteiger charge is 2.10. The molecule has 0 radical (unpaired) electrons. The number of benzene rings is 1. The molecule has 1 aromatic carbocycles. The molecule has 0 amide bonds. The van der Waals surface area contributed by atoms with Gasteiger partial charge in [0, 0.05) is 16.7 Å². The molecule has 0 saturated carbocycles. The summed E-state index contributed by atoms with van der Waals surface area (Å²) in [6, 6.07) is 6.22. The first-order valence-corrected chi connectivity index (χ1v) is 7.03. The van der Waals surface area contributed by atoms with Crippen molar-refractivity contribution >= 4 is 39.9 Å². The SMILES string of the molecule is COCC(CCCN)Nc1ccc(I)cc1Cl. The monoisotopic (exact) mass is 368 g/mol. The molecule has 0 bridgehead atoms. The molecule has 0 aromatic heterocycles. The first-order chi connectivity index (χ1) is 8.17. The Balaban J connectivity index is 2.64. The minimum atomic E-state index is 0.251. The predicted molar refractivity (Wildman–Crippen MR) is 81.7 cm³/mol. The Morgan fingerprint density at radius 1 is 1.53 bits per heavy atom. The van der Waals surface area contributed by atoms with E-state index in [0.29, 0.717) is 13.2 Å². The van der Waals surface area contributed by atoms with Crippen molar-refractivity contribution in [1.29, 1.82) is 0 Å². The molecule has 0 aliphatic heterocycles. The van der Waals surface area contributed by atoms with Crippen LogP contribution in [0, 0.1) is 3.57 Å². The minimum absolute atomic E-state index is 0.251. The Kier molecular flexibility index (Phi) is 7.18. The Bertz CT molecular complexity index is 349. The average Bonchev–Trinajstić information content (AvgIpc) is 2.29. The molecule has 17 heavy (non-hydrogen) atoms. The van der Waals surface area contributed by atoms with E-state index in [2.05, 4.69) is 27.9 Å². The molecule has 1 atom stereocenters. The summed E-state index contributed by atoms with van der Waals surface area (Å²) in [5, 5.41) is 4.14. The normalized spacial score (nSPS) is 12.5. The lowest BCUT2D eigenvalue weighted by molar-refractivity contribution is 0.182. The Morgan fingerprint density at radius 2 is 2.29 bits per heavy atom. The van der Waals surface area contributed by atoms with Crippen LogP contribution in [0.25, 0.3) is 0 Å². The zero-order valence-electron chi connectivity index (χ0n) is 9.88. The maximum absolute atomic E-state index is 6.17. The van der Waals surface area contributed by atoms with Gasteiger partial charge in [-0.3, -0.25) is 0 Å². The minimum Gasteiger partial charge on any atom is -0.383 e. The second-order valence-corrected chi connectivity index (χ2v) is 5.50. The number of halogens is 2. The van der Waals surface area contributed by atoms with E-state index < -0.39 is 0 Å². The molecule has 0 spiro atoms. The van der Waals surface area contributed by atoms with Crippen molar-refractivity contribution in [3.63, 3.8) is 0 Å². The first kappa shape index (κ1) is 15.0. The van der Waals surface area contributed by atoms with Crippen molar-refractivity contribution in [2.24, 2.45) is 5.73 Å². The van der Waals surface area contributed by atoms with Gasteiger partial charge in [0.15, 0.2) is 0 Å². The van der Waals surface area contributed by atoms with E-state index in [1.54, 1.807) is 7.11 Å². The lowest BCUT2D eigenvalue weighted by Crippen LogP contribution is -2.26. The summed E-state index contributed by atoms with van der Waals surface area (Å²) in [6.07, 6.45) is 1.95. The number of hydrogen-bond donors (Lipinski definition) is 2. The maximum atomic E-state index is 6.17. The smallest absolute Gasteiger partial charge is 0.0664 e. The van der Waals surface area contributed by atoms with E-state index >= 15 is 0 Å². The van der Waals surface area contributed by atoms with Gasteiger partial charge < -0.3 is 15.8 Å². The lowest BCUT2D eigenvalue weighted by atomic mass is 10.1. The highest BCUT2D eigenvalue weighted by Crippen LogP contribution is 2.25. The molecule has 1 rings (SSSR count). The zero-order valence-corrected chi connectivity index (χ0v) is 12.8. The van der Waals surface area contributed by atoms with Crippen molar-refractivity contribution in [3.05, 3.63) is 26.8 Å². The summed E-state index contributed by atoms with van der Waals surface area (Å²) in [4.78, 5) is 0. The fourth-order valence-corrected chi connectivity index (χ4v) is 2.50. The van der Waals surface area contributed by atoms with Crippen LogP contribution in [0.1, 0.15) is 12.8 Å². The maximum Gasteiger partial charge on any atom is 0.0664 e. The fraction of sp³-hybridized carbons (Fsp3) is 0.500. The molecule has 1 aromatic rings. The molecule has 1 unspecified atom stereocenters. The molecule has 0 heterocycles. The van der Waals surface area contributed by atoms with Crippen LogP contribution in [0.3, 0.4) is 0 Å². The highest BCUT2D eigenvalue weighted by atomic mass is 127. The number of nitrogens with two attached hydrogens (primary N) is 1. The van der Waals surface area contributed by atoms with E-state index in [1.807, 2.05) is 18.2 Å². The number of hydrogen-bond acceptors (Lipinski definition) is 3. The van der Waals surface area contributed by atoms with Crippen LogP contribution in [0.2, 0.25) is 5.02 Å². The Hall–Kier alpha value is -0.0400. The summed E-state index contributed by atoms with van der Waals surface area (Å²) in [6.45, 7) is 1.35. The van der Waals surface area contributed by atoms with E-state index in [9.17, 15) is 0 Å². The van der Waals surface area contributed by atoms with Crippen molar-refractivity contribution in [3.8, 4) is 0 Å². The van der Waals surface area contributed by atoms with Gasteiger partial charge in [0.2, 0.25) is 0 Å². The zero-order chi connectivity index (χ0) is 12.7. The molecular weight excluding hydrogens is 351 g/mol. The first-order valence-electron chi connectivity index (χ1n) is 5.58. The predicted octanol–water partition coefficient (Wildman–Crippen LogP) is 3.11. The summed E-state index contributed by atoms with van der Waals surface area (Å²) in [5.74, 6) is 0. The van der Waals surface area contributed by atoms with Gasteiger partial charge in [-0.15, -0.1) is 0 Å². The molecule has 3 nitrogen and oxygen atoms in total. The highest BCUT2D eigenvalue weighted by molar-refractivity contribution is 14.1. The van der Waals surface area contributed by atoms with Crippen LogP contribution < -0.4 is 11.1 Å². The number of nitrogens with one attached hydrogen (secondary N) is 1. The van der Waals surface area contributed by atoms with Gasteiger partial charge in [-0.1, -0.05) is 11.6 Å². The molecule has 0 fully saturated rings. The average molecular weight is 369 g/mol.